The zero-order valence-corrected chi connectivity index (χ0v) is 8.71. The van der Waals surface area contributed by atoms with Gasteiger partial charge in [0.15, 0.2) is 0 Å². The number of hydrogen-bond donors (Lipinski definition) is 2. The number of imidazole rings is 1. The molecule has 14 heavy (non-hydrogen) atoms. The standard InChI is InChI=1S/C10H17N3O/c1-3-8(2)4-10(14)12-6-9-5-11-7-13-9/h5,7-8H,3-4,6H2,1-2H3,(H,11,13)(H,12,14). The van der Waals surface area contributed by atoms with E-state index in [4.69, 9.17) is 0 Å². The van der Waals surface area contributed by atoms with Gasteiger partial charge in [-0.2, -0.15) is 0 Å². The summed E-state index contributed by atoms with van der Waals surface area (Å²) >= 11 is 0. The zero-order chi connectivity index (χ0) is 10.4. The average Bonchev–Trinajstić information content (AvgIpc) is 2.67. The first kappa shape index (κ1) is 10.8. The lowest BCUT2D eigenvalue weighted by molar-refractivity contribution is -0.122. The Labute approximate surface area is 84.1 Å². The van der Waals surface area contributed by atoms with Crippen LogP contribution < -0.4 is 5.32 Å². The number of carbonyl (C=O) groups is 1. The topological polar surface area (TPSA) is 57.8 Å². The van der Waals surface area contributed by atoms with Crippen molar-refractivity contribution in [3.8, 4) is 0 Å². The summed E-state index contributed by atoms with van der Waals surface area (Å²) < 4.78 is 0. The highest BCUT2D eigenvalue weighted by Gasteiger charge is 2.06. The molecule has 4 heteroatoms. The normalized spacial score (nSPS) is 12.4. The first-order valence-corrected chi connectivity index (χ1v) is 4.96. The molecule has 1 amide bonds. The van der Waals surface area contributed by atoms with Crippen molar-refractivity contribution < 1.29 is 4.79 Å². The van der Waals surface area contributed by atoms with Crippen LogP contribution in [0.2, 0.25) is 0 Å². The van der Waals surface area contributed by atoms with Crippen molar-refractivity contribution in [3.63, 3.8) is 0 Å². The summed E-state index contributed by atoms with van der Waals surface area (Å²) in [6, 6.07) is 0. The highest BCUT2D eigenvalue weighted by molar-refractivity contribution is 5.75. The molecule has 0 aliphatic heterocycles. The van der Waals surface area contributed by atoms with E-state index in [0.717, 1.165) is 12.1 Å². The maximum Gasteiger partial charge on any atom is 0.220 e. The SMILES string of the molecule is CCC(C)CC(=O)NCc1cnc[nH]1. The molecule has 0 saturated carbocycles. The summed E-state index contributed by atoms with van der Waals surface area (Å²) in [6.07, 6.45) is 4.96. The van der Waals surface area contributed by atoms with Gasteiger partial charge in [0.2, 0.25) is 5.91 Å². The van der Waals surface area contributed by atoms with E-state index in [1.54, 1.807) is 12.5 Å². The molecule has 0 spiro atoms. The lowest BCUT2D eigenvalue weighted by Crippen LogP contribution is -2.24. The first-order valence-electron chi connectivity index (χ1n) is 4.96. The van der Waals surface area contributed by atoms with E-state index in [9.17, 15) is 4.79 Å². The molecule has 1 atom stereocenters. The molecule has 4 nitrogen and oxygen atoms in total. The molecular formula is C10H17N3O. The van der Waals surface area contributed by atoms with Crippen LogP contribution in [-0.4, -0.2) is 15.9 Å². The molecule has 0 radical (unpaired) electrons. The number of H-pyrrole nitrogens is 1. The number of nitrogens with one attached hydrogen (secondary N) is 2. The fourth-order valence-corrected chi connectivity index (χ4v) is 1.11. The molecule has 1 aromatic heterocycles. The van der Waals surface area contributed by atoms with E-state index < -0.39 is 0 Å². The van der Waals surface area contributed by atoms with Crippen molar-refractivity contribution in [2.24, 2.45) is 5.92 Å². The van der Waals surface area contributed by atoms with Gasteiger partial charge in [-0.15, -0.1) is 0 Å². The molecule has 0 aliphatic carbocycles. The van der Waals surface area contributed by atoms with Crippen LogP contribution in [0.1, 0.15) is 32.4 Å². The van der Waals surface area contributed by atoms with Crippen LogP contribution >= 0.6 is 0 Å². The fourth-order valence-electron chi connectivity index (χ4n) is 1.11. The van der Waals surface area contributed by atoms with Crippen molar-refractivity contribution in [2.75, 3.05) is 0 Å². The van der Waals surface area contributed by atoms with Crippen molar-refractivity contribution >= 4 is 5.91 Å². The Morgan fingerprint density at radius 1 is 1.71 bits per heavy atom. The van der Waals surface area contributed by atoms with E-state index in [1.165, 1.54) is 0 Å². The molecule has 2 N–H and O–H groups in total. The Morgan fingerprint density at radius 2 is 2.50 bits per heavy atom. The molecule has 0 aromatic carbocycles. The summed E-state index contributed by atoms with van der Waals surface area (Å²) in [4.78, 5) is 18.2. The lowest BCUT2D eigenvalue weighted by atomic mass is 10.1. The smallest absolute Gasteiger partial charge is 0.220 e. The Balaban J connectivity index is 2.22. The number of hydrogen-bond acceptors (Lipinski definition) is 2. The van der Waals surface area contributed by atoms with Gasteiger partial charge in [0.25, 0.3) is 0 Å². The number of aromatic nitrogens is 2. The van der Waals surface area contributed by atoms with E-state index >= 15 is 0 Å². The highest BCUT2D eigenvalue weighted by Crippen LogP contribution is 2.05. The lowest BCUT2D eigenvalue weighted by Gasteiger charge is -2.07. The predicted octanol–water partition coefficient (Wildman–Crippen LogP) is 1.46. The van der Waals surface area contributed by atoms with Crippen LogP contribution in [-0.2, 0) is 11.3 Å². The third kappa shape index (κ3) is 3.60. The Kier molecular flexibility index (Phi) is 4.16. The number of nitrogens with zero attached hydrogens (tertiary/aromatic N) is 1. The second-order valence-corrected chi connectivity index (χ2v) is 3.57. The van der Waals surface area contributed by atoms with Gasteiger partial charge in [0.05, 0.1) is 18.6 Å². The van der Waals surface area contributed by atoms with Crippen LogP contribution in [0.5, 0.6) is 0 Å². The maximum absolute atomic E-state index is 11.4. The molecule has 0 saturated heterocycles. The van der Waals surface area contributed by atoms with Crippen LogP contribution in [0, 0.1) is 5.92 Å². The van der Waals surface area contributed by atoms with Gasteiger partial charge < -0.3 is 10.3 Å². The molecule has 0 aliphatic rings. The highest BCUT2D eigenvalue weighted by atomic mass is 16.1. The van der Waals surface area contributed by atoms with Crippen LogP contribution in [0.3, 0.4) is 0 Å². The Bertz CT molecular complexity index is 269. The van der Waals surface area contributed by atoms with E-state index in [0.29, 0.717) is 18.9 Å². The molecular weight excluding hydrogens is 178 g/mol. The van der Waals surface area contributed by atoms with Crippen molar-refractivity contribution in [1.82, 2.24) is 15.3 Å². The zero-order valence-electron chi connectivity index (χ0n) is 8.71. The summed E-state index contributed by atoms with van der Waals surface area (Å²) in [5.41, 5.74) is 0.933. The van der Waals surface area contributed by atoms with Gasteiger partial charge in [0, 0.05) is 12.6 Å². The van der Waals surface area contributed by atoms with Gasteiger partial charge in [-0.1, -0.05) is 20.3 Å². The number of amides is 1. The number of rotatable bonds is 5. The molecule has 0 bridgehead atoms. The van der Waals surface area contributed by atoms with Gasteiger partial charge in [-0.3, -0.25) is 4.79 Å². The Hall–Kier alpha value is -1.32. The minimum Gasteiger partial charge on any atom is -0.350 e. The van der Waals surface area contributed by atoms with Crippen molar-refractivity contribution in [1.29, 1.82) is 0 Å². The largest absolute Gasteiger partial charge is 0.350 e. The number of aromatic amines is 1. The third-order valence-corrected chi connectivity index (χ3v) is 2.26. The third-order valence-electron chi connectivity index (χ3n) is 2.26. The van der Waals surface area contributed by atoms with Gasteiger partial charge in [-0.05, 0) is 5.92 Å². The minimum atomic E-state index is 0.106. The molecule has 1 unspecified atom stereocenters. The molecule has 0 fully saturated rings. The molecule has 1 aromatic rings. The summed E-state index contributed by atoms with van der Waals surface area (Å²) in [5, 5.41) is 2.84. The average molecular weight is 195 g/mol. The van der Waals surface area contributed by atoms with Crippen molar-refractivity contribution in [2.45, 2.75) is 33.2 Å². The molecule has 1 rings (SSSR count). The quantitative estimate of drug-likeness (QED) is 0.747. The van der Waals surface area contributed by atoms with Gasteiger partial charge in [-0.25, -0.2) is 4.98 Å². The van der Waals surface area contributed by atoms with Crippen LogP contribution in [0.25, 0.3) is 0 Å². The minimum absolute atomic E-state index is 0.106. The summed E-state index contributed by atoms with van der Waals surface area (Å²) in [7, 11) is 0. The summed E-state index contributed by atoms with van der Waals surface area (Å²) in [6.45, 7) is 4.71. The second-order valence-electron chi connectivity index (χ2n) is 3.57. The second kappa shape index (κ2) is 5.42. The first-order chi connectivity index (χ1) is 6.72. The van der Waals surface area contributed by atoms with Crippen LogP contribution in [0.15, 0.2) is 12.5 Å². The number of carbonyl (C=O) groups excluding carboxylic acids is 1. The van der Waals surface area contributed by atoms with Crippen molar-refractivity contribution in [3.05, 3.63) is 18.2 Å². The summed E-state index contributed by atoms with van der Waals surface area (Å²) in [5.74, 6) is 0.561. The van der Waals surface area contributed by atoms with Crippen LogP contribution in [0.4, 0.5) is 0 Å². The Morgan fingerprint density at radius 3 is 3.07 bits per heavy atom. The molecule has 78 valence electrons. The van der Waals surface area contributed by atoms with E-state index in [2.05, 4.69) is 29.1 Å². The monoisotopic (exact) mass is 195 g/mol. The fraction of sp³-hybridized carbons (Fsp3) is 0.600. The van der Waals surface area contributed by atoms with E-state index in [1.807, 2.05) is 0 Å². The van der Waals surface area contributed by atoms with Gasteiger partial charge >= 0.3 is 0 Å². The maximum atomic E-state index is 11.4. The van der Waals surface area contributed by atoms with Gasteiger partial charge in [0.1, 0.15) is 0 Å². The predicted molar refractivity (Wildman–Crippen MR) is 54.5 cm³/mol. The molecule has 1 heterocycles. The van der Waals surface area contributed by atoms with E-state index in [-0.39, 0.29) is 5.91 Å².